The highest BCUT2D eigenvalue weighted by Crippen LogP contribution is 2.29. The van der Waals surface area contributed by atoms with Crippen LogP contribution in [0.4, 0.5) is 0 Å². The number of hydrazine groups is 1. The average Bonchev–Trinajstić information content (AvgIpc) is 3.06. The second-order valence-corrected chi connectivity index (χ2v) is 6.27. The van der Waals surface area contributed by atoms with E-state index in [1.807, 2.05) is 0 Å². The molecule has 7 heteroatoms. The van der Waals surface area contributed by atoms with Crippen LogP contribution in [-0.2, 0) is 11.2 Å². The summed E-state index contributed by atoms with van der Waals surface area (Å²) >= 11 is 7.26. The van der Waals surface area contributed by atoms with Crippen molar-refractivity contribution in [2.75, 3.05) is 6.61 Å². The Hall–Kier alpha value is -2.05. The molecule has 1 aromatic carbocycles. The van der Waals surface area contributed by atoms with E-state index in [2.05, 4.69) is 10.9 Å². The monoisotopic (exact) mass is 336 g/mol. The number of hydrogen-bond donors (Lipinski definition) is 2. The van der Waals surface area contributed by atoms with Crippen LogP contribution in [0.15, 0.2) is 35.7 Å². The molecule has 2 N–H and O–H groups in total. The standard InChI is InChI=1S/C15H13ClN2O3S/c16-11-3-4-12-9(7-11)6-10(8-21-12)14(19)17-18-15(20)13-2-1-5-22-13/h1-5,7,10H,6,8H2,(H,17,19)(H,18,20)/t10-/m1/s1. The predicted molar refractivity (Wildman–Crippen MR) is 84.1 cm³/mol. The summed E-state index contributed by atoms with van der Waals surface area (Å²) in [5, 5.41) is 2.40. The molecule has 5 nitrogen and oxygen atoms in total. The van der Waals surface area contributed by atoms with E-state index in [0.717, 1.165) is 11.3 Å². The van der Waals surface area contributed by atoms with Gasteiger partial charge in [0.05, 0.1) is 10.8 Å². The predicted octanol–water partition coefficient (Wildman–Crippen LogP) is 2.41. The molecular formula is C15H13ClN2O3S. The number of nitrogens with one attached hydrogen (secondary N) is 2. The molecule has 0 bridgehead atoms. The summed E-state index contributed by atoms with van der Waals surface area (Å²) in [7, 11) is 0. The van der Waals surface area contributed by atoms with Gasteiger partial charge in [-0.15, -0.1) is 11.3 Å². The highest BCUT2D eigenvalue weighted by molar-refractivity contribution is 7.12. The van der Waals surface area contributed by atoms with Crippen LogP contribution in [0.2, 0.25) is 5.02 Å². The minimum absolute atomic E-state index is 0.273. The van der Waals surface area contributed by atoms with Gasteiger partial charge in [0.15, 0.2) is 0 Å². The molecule has 0 saturated carbocycles. The van der Waals surface area contributed by atoms with Gasteiger partial charge in [0.1, 0.15) is 12.4 Å². The van der Waals surface area contributed by atoms with E-state index in [1.165, 1.54) is 11.3 Å². The highest BCUT2D eigenvalue weighted by atomic mass is 35.5. The fraction of sp³-hybridized carbons (Fsp3) is 0.200. The van der Waals surface area contributed by atoms with Crippen LogP contribution < -0.4 is 15.6 Å². The largest absolute Gasteiger partial charge is 0.492 e. The van der Waals surface area contributed by atoms with Crippen molar-refractivity contribution in [3.05, 3.63) is 51.2 Å². The number of fused-ring (bicyclic) bond motifs is 1. The number of amides is 2. The maximum absolute atomic E-state index is 12.1. The van der Waals surface area contributed by atoms with Gasteiger partial charge in [-0.1, -0.05) is 17.7 Å². The quantitative estimate of drug-likeness (QED) is 0.828. The first kappa shape index (κ1) is 14.9. The molecule has 1 atom stereocenters. The lowest BCUT2D eigenvalue weighted by Crippen LogP contribution is -2.46. The van der Waals surface area contributed by atoms with Crippen LogP contribution >= 0.6 is 22.9 Å². The number of hydrogen-bond acceptors (Lipinski definition) is 4. The Balaban J connectivity index is 1.58. The highest BCUT2D eigenvalue weighted by Gasteiger charge is 2.26. The molecule has 3 rings (SSSR count). The van der Waals surface area contributed by atoms with Crippen LogP contribution in [0, 0.1) is 5.92 Å². The molecule has 1 aromatic heterocycles. The third-order valence-electron chi connectivity index (χ3n) is 3.34. The lowest BCUT2D eigenvalue weighted by atomic mass is 9.96. The molecular weight excluding hydrogens is 324 g/mol. The molecule has 0 fully saturated rings. The Morgan fingerprint density at radius 2 is 2.14 bits per heavy atom. The third-order valence-corrected chi connectivity index (χ3v) is 4.45. The molecule has 2 amide bonds. The first-order valence-electron chi connectivity index (χ1n) is 6.68. The molecule has 0 spiro atoms. The molecule has 114 valence electrons. The number of carbonyl (C=O) groups is 2. The van der Waals surface area contributed by atoms with Crippen LogP contribution in [0.25, 0.3) is 0 Å². The Morgan fingerprint density at radius 3 is 2.91 bits per heavy atom. The second-order valence-electron chi connectivity index (χ2n) is 4.88. The van der Waals surface area contributed by atoms with E-state index in [9.17, 15) is 9.59 Å². The van der Waals surface area contributed by atoms with Crippen LogP contribution in [0.3, 0.4) is 0 Å². The van der Waals surface area contributed by atoms with Gasteiger partial charge in [0.2, 0.25) is 5.91 Å². The number of carbonyl (C=O) groups excluding carboxylic acids is 2. The summed E-state index contributed by atoms with van der Waals surface area (Å²) in [6.45, 7) is 0.273. The van der Waals surface area contributed by atoms with Gasteiger partial charge < -0.3 is 4.74 Å². The Labute approximate surface area is 136 Å². The van der Waals surface area contributed by atoms with Crippen LogP contribution in [0.5, 0.6) is 5.75 Å². The minimum Gasteiger partial charge on any atom is -0.492 e. The maximum atomic E-state index is 12.1. The van der Waals surface area contributed by atoms with Gasteiger partial charge >= 0.3 is 0 Å². The summed E-state index contributed by atoms with van der Waals surface area (Å²) in [5.74, 6) is -0.232. The number of thiophene rings is 1. The summed E-state index contributed by atoms with van der Waals surface area (Å²) in [4.78, 5) is 24.4. The van der Waals surface area contributed by atoms with Crippen molar-refractivity contribution in [1.82, 2.24) is 10.9 Å². The van der Waals surface area contributed by atoms with Crippen molar-refractivity contribution < 1.29 is 14.3 Å². The molecule has 0 unspecified atom stereocenters. The van der Waals surface area contributed by atoms with Crippen molar-refractivity contribution >= 4 is 34.8 Å². The van der Waals surface area contributed by atoms with Gasteiger partial charge in [-0.3, -0.25) is 20.4 Å². The van der Waals surface area contributed by atoms with Crippen molar-refractivity contribution in [2.45, 2.75) is 6.42 Å². The zero-order valence-electron chi connectivity index (χ0n) is 11.5. The molecule has 0 radical (unpaired) electrons. The van der Waals surface area contributed by atoms with E-state index < -0.39 is 0 Å². The van der Waals surface area contributed by atoms with Crippen molar-refractivity contribution in [3.63, 3.8) is 0 Å². The third kappa shape index (κ3) is 3.23. The minimum atomic E-state index is -0.366. The zero-order chi connectivity index (χ0) is 15.5. The zero-order valence-corrected chi connectivity index (χ0v) is 13.0. The summed E-state index contributed by atoms with van der Waals surface area (Å²) in [5.41, 5.74) is 5.74. The molecule has 0 aliphatic carbocycles. The number of rotatable bonds is 2. The summed E-state index contributed by atoms with van der Waals surface area (Å²) in [6.07, 6.45) is 0.524. The van der Waals surface area contributed by atoms with Crippen molar-refractivity contribution in [1.29, 1.82) is 0 Å². The smallest absolute Gasteiger partial charge is 0.279 e. The maximum Gasteiger partial charge on any atom is 0.279 e. The van der Waals surface area contributed by atoms with Crippen molar-refractivity contribution in [2.24, 2.45) is 5.92 Å². The Morgan fingerprint density at radius 1 is 1.27 bits per heavy atom. The van der Waals surface area contributed by atoms with Gasteiger partial charge in [-0.2, -0.15) is 0 Å². The Kier molecular flexibility index (Phi) is 4.31. The fourth-order valence-corrected chi connectivity index (χ4v) is 3.03. The first-order chi connectivity index (χ1) is 10.6. The van der Waals surface area contributed by atoms with Gasteiger partial charge in [-0.25, -0.2) is 0 Å². The number of ether oxygens (including phenoxy) is 1. The lowest BCUT2D eigenvalue weighted by Gasteiger charge is -2.24. The Bertz CT molecular complexity index is 703. The van der Waals surface area contributed by atoms with Crippen LogP contribution in [-0.4, -0.2) is 18.4 Å². The number of halogens is 1. The van der Waals surface area contributed by atoms with Crippen LogP contribution in [0.1, 0.15) is 15.2 Å². The molecule has 2 heterocycles. The van der Waals surface area contributed by atoms with E-state index in [4.69, 9.17) is 16.3 Å². The molecule has 1 aliphatic rings. The molecule has 2 aromatic rings. The average molecular weight is 337 g/mol. The molecule has 0 saturated heterocycles. The normalized spacial score (nSPS) is 16.3. The van der Waals surface area contributed by atoms with Crippen molar-refractivity contribution in [3.8, 4) is 5.75 Å². The van der Waals surface area contributed by atoms with Gasteiger partial charge in [0.25, 0.3) is 5.91 Å². The number of benzene rings is 1. The van der Waals surface area contributed by atoms with E-state index in [0.29, 0.717) is 16.3 Å². The molecule has 1 aliphatic heterocycles. The summed E-state index contributed by atoms with van der Waals surface area (Å²) in [6, 6.07) is 8.80. The molecule has 22 heavy (non-hydrogen) atoms. The van der Waals surface area contributed by atoms with E-state index >= 15 is 0 Å². The topological polar surface area (TPSA) is 67.4 Å². The lowest BCUT2D eigenvalue weighted by molar-refractivity contribution is -0.127. The SMILES string of the molecule is O=C(NNC(=O)[C@H]1COc2ccc(Cl)cc2C1)c1cccs1. The van der Waals surface area contributed by atoms with Gasteiger partial charge in [-0.05, 0) is 41.6 Å². The van der Waals surface area contributed by atoms with E-state index in [1.54, 1.807) is 35.7 Å². The second kappa shape index (κ2) is 6.37. The first-order valence-corrected chi connectivity index (χ1v) is 7.94. The van der Waals surface area contributed by atoms with E-state index in [-0.39, 0.29) is 24.3 Å². The summed E-state index contributed by atoms with van der Waals surface area (Å²) < 4.78 is 5.56. The fourth-order valence-electron chi connectivity index (χ4n) is 2.22. The van der Waals surface area contributed by atoms with Gasteiger partial charge in [0, 0.05) is 5.02 Å².